The summed E-state index contributed by atoms with van der Waals surface area (Å²) in [6, 6.07) is 0. The van der Waals surface area contributed by atoms with Crippen molar-refractivity contribution < 1.29 is 32.7 Å². The second-order valence-corrected chi connectivity index (χ2v) is 2.48. The molecule has 0 atom stereocenters. The number of rotatable bonds is 4. The van der Waals surface area contributed by atoms with E-state index in [-0.39, 0.29) is 32.7 Å². The molecule has 0 rings (SSSR count). The molecule has 0 aromatic heterocycles. The third kappa shape index (κ3) is 6.96. The third-order valence-corrected chi connectivity index (χ3v) is 1.59. The van der Waals surface area contributed by atoms with Gasteiger partial charge in [0.1, 0.15) is 0 Å². The molecule has 0 aliphatic rings. The van der Waals surface area contributed by atoms with Gasteiger partial charge >= 0.3 is 0 Å². The minimum absolute atomic E-state index is 0. The predicted molar refractivity (Wildman–Crippen MR) is 51.4 cm³/mol. The van der Waals surface area contributed by atoms with Crippen LogP contribution in [0, 0.1) is 0 Å². The molecule has 0 spiro atoms. The second kappa shape index (κ2) is 9.37. The number of hydrogen-bond acceptors (Lipinski definition) is 1. The van der Waals surface area contributed by atoms with E-state index in [9.17, 15) is 0 Å². The smallest absolute Gasteiger partial charge is 0 e. The molecule has 0 unspecified atom stereocenters. The summed E-state index contributed by atoms with van der Waals surface area (Å²) in [4.78, 5) is 0. The first kappa shape index (κ1) is 14.8. The van der Waals surface area contributed by atoms with Crippen molar-refractivity contribution in [1.29, 1.82) is 0 Å². The van der Waals surface area contributed by atoms with Gasteiger partial charge in [0.2, 0.25) is 0 Å². The van der Waals surface area contributed by atoms with Gasteiger partial charge in [0, 0.05) is 32.7 Å². The molecule has 2 heteroatoms. The van der Waals surface area contributed by atoms with Crippen LogP contribution in [0.4, 0.5) is 0 Å². The largest absolute Gasteiger partial charge is 0.330 e. The van der Waals surface area contributed by atoms with Gasteiger partial charge in [-0.3, -0.25) is 0 Å². The van der Waals surface area contributed by atoms with Gasteiger partial charge in [0.15, 0.2) is 0 Å². The van der Waals surface area contributed by atoms with Crippen LogP contribution in [0.5, 0.6) is 0 Å². The molecule has 1 radical (unpaired) electrons. The van der Waals surface area contributed by atoms with E-state index >= 15 is 0 Å². The van der Waals surface area contributed by atoms with Crippen molar-refractivity contribution in [2.24, 2.45) is 5.73 Å². The zero-order chi connectivity index (χ0) is 8.69. The van der Waals surface area contributed by atoms with Gasteiger partial charge in [-0.05, 0) is 38.0 Å². The van der Waals surface area contributed by atoms with Crippen LogP contribution in [0.3, 0.4) is 0 Å². The Morgan fingerprint density at radius 3 is 2.50 bits per heavy atom. The van der Waals surface area contributed by atoms with Crippen molar-refractivity contribution in [3.8, 4) is 0 Å². The van der Waals surface area contributed by atoms with Crippen molar-refractivity contribution in [2.45, 2.75) is 20.3 Å². The van der Waals surface area contributed by atoms with Crippen molar-refractivity contribution in [3.63, 3.8) is 0 Å². The molecule has 0 aliphatic carbocycles. The Balaban J connectivity index is 0. The Kier molecular flexibility index (Phi) is 11.6. The van der Waals surface area contributed by atoms with Crippen LogP contribution >= 0.6 is 0 Å². The van der Waals surface area contributed by atoms with Crippen molar-refractivity contribution in [3.05, 3.63) is 36.0 Å². The first-order valence-corrected chi connectivity index (χ1v) is 3.91. The van der Waals surface area contributed by atoms with Crippen molar-refractivity contribution in [2.75, 3.05) is 6.54 Å². The standard InChI is InChI=1S/C10H17N.Y/c1-4-9(2)10(3)7-5-6-8-11;/h4-5,7H,3,6,8,11H2,1-2H3;/b7-5-,9-4+;. The van der Waals surface area contributed by atoms with E-state index in [4.69, 9.17) is 5.73 Å². The van der Waals surface area contributed by atoms with Crippen LogP contribution in [0.1, 0.15) is 20.3 Å². The van der Waals surface area contributed by atoms with Crippen LogP contribution in [-0.2, 0) is 32.7 Å². The van der Waals surface area contributed by atoms with Gasteiger partial charge in [0.25, 0.3) is 0 Å². The number of nitrogens with two attached hydrogens (primary N) is 1. The SMILES string of the molecule is C=C(/C=C\CCN)/C(C)=C/C.[Y]. The maximum absolute atomic E-state index is 5.33. The fourth-order valence-electron chi connectivity index (χ4n) is 0.639. The summed E-state index contributed by atoms with van der Waals surface area (Å²) >= 11 is 0. The Labute approximate surface area is 101 Å². The molecule has 0 aromatic rings. The van der Waals surface area contributed by atoms with Crippen LogP contribution in [0.2, 0.25) is 0 Å². The summed E-state index contributed by atoms with van der Waals surface area (Å²) < 4.78 is 0. The zero-order valence-electron chi connectivity index (χ0n) is 8.01. The minimum Gasteiger partial charge on any atom is -0.330 e. The van der Waals surface area contributed by atoms with Crippen molar-refractivity contribution >= 4 is 0 Å². The van der Waals surface area contributed by atoms with Crippen LogP contribution < -0.4 is 5.73 Å². The quantitative estimate of drug-likeness (QED) is 0.750. The fourth-order valence-corrected chi connectivity index (χ4v) is 0.639. The minimum atomic E-state index is 0. The van der Waals surface area contributed by atoms with Crippen LogP contribution in [-0.4, -0.2) is 6.54 Å². The molecule has 2 N–H and O–H groups in total. The Morgan fingerprint density at radius 1 is 1.50 bits per heavy atom. The first-order chi connectivity index (χ1) is 5.22. The second-order valence-electron chi connectivity index (χ2n) is 2.48. The summed E-state index contributed by atoms with van der Waals surface area (Å²) in [6.45, 7) is 8.67. The van der Waals surface area contributed by atoms with Crippen molar-refractivity contribution in [1.82, 2.24) is 0 Å². The molecule has 0 amide bonds. The molecule has 0 heterocycles. The van der Waals surface area contributed by atoms with E-state index in [1.807, 2.05) is 13.0 Å². The number of hydrogen-bond donors (Lipinski definition) is 1. The Bertz CT molecular complexity index is 180. The molecule has 0 saturated carbocycles. The topological polar surface area (TPSA) is 26.0 Å². The first-order valence-electron chi connectivity index (χ1n) is 3.91. The maximum Gasteiger partial charge on any atom is 0 e. The molecule has 65 valence electrons. The fraction of sp³-hybridized carbons (Fsp3) is 0.400. The van der Waals surface area contributed by atoms with Gasteiger partial charge in [-0.2, -0.15) is 0 Å². The molecule has 0 bridgehead atoms. The monoisotopic (exact) mass is 240 g/mol. The molecule has 0 aromatic carbocycles. The Morgan fingerprint density at radius 2 is 2.08 bits per heavy atom. The number of allylic oxidation sites excluding steroid dienone is 4. The summed E-state index contributed by atoms with van der Waals surface area (Å²) in [5, 5.41) is 0. The third-order valence-electron chi connectivity index (χ3n) is 1.59. The molecule has 12 heavy (non-hydrogen) atoms. The van der Waals surface area contributed by atoms with Gasteiger partial charge in [-0.15, -0.1) is 0 Å². The molecule has 0 saturated heterocycles. The van der Waals surface area contributed by atoms with Gasteiger partial charge in [-0.1, -0.05) is 24.8 Å². The van der Waals surface area contributed by atoms with E-state index in [0.29, 0.717) is 6.54 Å². The molecular formula is C10H17NY. The van der Waals surface area contributed by atoms with E-state index in [2.05, 4.69) is 25.7 Å². The van der Waals surface area contributed by atoms with E-state index in [1.165, 1.54) is 5.57 Å². The predicted octanol–water partition coefficient (Wildman–Crippen LogP) is 2.41. The average molecular weight is 240 g/mol. The zero-order valence-corrected chi connectivity index (χ0v) is 10.8. The molecule has 0 aliphatic heterocycles. The van der Waals surface area contributed by atoms with Gasteiger partial charge in [-0.25, -0.2) is 0 Å². The summed E-state index contributed by atoms with van der Waals surface area (Å²) in [6.07, 6.45) is 7.04. The summed E-state index contributed by atoms with van der Waals surface area (Å²) in [5.74, 6) is 0. The molecular weight excluding hydrogens is 223 g/mol. The summed E-state index contributed by atoms with van der Waals surface area (Å²) in [5.41, 5.74) is 7.62. The molecule has 0 fully saturated rings. The van der Waals surface area contributed by atoms with E-state index < -0.39 is 0 Å². The molecule has 1 nitrogen and oxygen atoms in total. The van der Waals surface area contributed by atoms with Gasteiger partial charge in [0.05, 0.1) is 0 Å². The Hall–Kier alpha value is 0.284. The van der Waals surface area contributed by atoms with E-state index in [0.717, 1.165) is 12.0 Å². The van der Waals surface area contributed by atoms with Gasteiger partial charge < -0.3 is 5.73 Å². The van der Waals surface area contributed by atoms with Crippen LogP contribution in [0.15, 0.2) is 36.0 Å². The van der Waals surface area contributed by atoms with Crippen LogP contribution in [0.25, 0.3) is 0 Å². The average Bonchev–Trinajstić information content (AvgIpc) is 2.03. The van der Waals surface area contributed by atoms with E-state index in [1.54, 1.807) is 0 Å². The normalized spacial score (nSPS) is 11.4. The maximum atomic E-state index is 5.33. The summed E-state index contributed by atoms with van der Waals surface area (Å²) in [7, 11) is 0.